The van der Waals surface area contributed by atoms with Gasteiger partial charge in [0.2, 0.25) is 6.41 Å². The van der Waals surface area contributed by atoms with Gasteiger partial charge in [0.05, 0.1) is 19.3 Å². The molecular formula is C17H28NO7P. The average Bonchev–Trinajstić information content (AvgIpc) is 2.65. The maximum atomic E-state index is 11.7. The van der Waals surface area contributed by atoms with Gasteiger partial charge in [-0.25, -0.2) is 5.06 Å². The van der Waals surface area contributed by atoms with Crippen LogP contribution in [-0.4, -0.2) is 63.9 Å². The Morgan fingerprint density at radius 2 is 1.85 bits per heavy atom. The Labute approximate surface area is 154 Å². The number of nitrogens with zero attached hydrogens (tertiary/aromatic N) is 1. The average molecular weight is 389 g/mol. The molecule has 0 spiro atoms. The van der Waals surface area contributed by atoms with E-state index in [1.807, 2.05) is 30.3 Å². The number of carbonyl (C=O) groups excluding carboxylic acids is 1. The summed E-state index contributed by atoms with van der Waals surface area (Å²) in [5, 5.41) is 31.0. The topological polar surface area (TPSA) is 117 Å². The van der Waals surface area contributed by atoms with E-state index >= 15 is 0 Å². The quantitative estimate of drug-likeness (QED) is 0.261. The van der Waals surface area contributed by atoms with Gasteiger partial charge in [-0.3, -0.25) is 14.2 Å². The summed E-state index contributed by atoms with van der Waals surface area (Å²) in [6.07, 6.45) is -3.86. The van der Waals surface area contributed by atoms with E-state index in [9.17, 15) is 24.7 Å². The molecule has 0 aliphatic heterocycles. The van der Waals surface area contributed by atoms with Crippen LogP contribution in [-0.2, 0) is 25.3 Å². The summed E-state index contributed by atoms with van der Waals surface area (Å²) in [5.74, 6) is 0. The zero-order valence-corrected chi connectivity index (χ0v) is 16.0. The smallest absolute Gasteiger partial charge is 0.233 e. The molecule has 0 fully saturated rings. The van der Waals surface area contributed by atoms with E-state index in [2.05, 4.69) is 0 Å². The van der Waals surface area contributed by atoms with Crippen molar-refractivity contribution in [1.29, 1.82) is 0 Å². The lowest BCUT2D eigenvalue weighted by atomic mass is 10.0. The van der Waals surface area contributed by atoms with Gasteiger partial charge in [-0.15, -0.1) is 0 Å². The van der Waals surface area contributed by atoms with Crippen LogP contribution in [0.15, 0.2) is 30.3 Å². The lowest BCUT2D eigenvalue weighted by molar-refractivity contribution is -0.192. The molecule has 0 bridgehead atoms. The van der Waals surface area contributed by atoms with Crippen LogP contribution in [0.5, 0.6) is 0 Å². The van der Waals surface area contributed by atoms with E-state index in [1.165, 1.54) is 0 Å². The molecule has 0 saturated carbocycles. The van der Waals surface area contributed by atoms with Crippen molar-refractivity contribution in [3.63, 3.8) is 0 Å². The number of aliphatic hydroxyl groups is 3. The first-order chi connectivity index (χ1) is 12.4. The third-order valence-electron chi connectivity index (χ3n) is 3.80. The van der Waals surface area contributed by atoms with E-state index in [0.29, 0.717) is 13.0 Å². The predicted octanol–water partition coefficient (Wildman–Crippen LogP) is 0.949. The fourth-order valence-corrected chi connectivity index (χ4v) is 3.29. The lowest BCUT2D eigenvalue weighted by Gasteiger charge is -2.27. The molecule has 26 heavy (non-hydrogen) atoms. The Morgan fingerprint density at radius 3 is 2.42 bits per heavy atom. The predicted molar refractivity (Wildman–Crippen MR) is 96.7 cm³/mol. The van der Waals surface area contributed by atoms with Crippen LogP contribution < -0.4 is 0 Å². The third-order valence-corrected chi connectivity index (χ3v) is 5.41. The van der Waals surface area contributed by atoms with Gasteiger partial charge in [0, 0.05) is 5.66 Å². The molecule has 0 heterocycles. The number of hydrogen-bond acceptors (Lipinski definition) is 7. The number of benzene rings is 1. The minimum atomic E-state index is -2.33. The Bertz CT molecular complexity index is 545. The molecule has 0 aliphatic rings. The monoisotopic (exact) mass is 389 g/mol. The van der Waals surface area contributed by atoms with Gasteiger partial charge >= 0.3 is 0 Å². The van der Waals surface area contributed by atoms with Crippen LogP contribution in [0.3, 0.4) is 0 Å². The molecule has 1 aromatic rings. The first kappa shape index (κ1) is 22.8. The van der Waals surface area contributed by atoms with Gasteiger partial charge in [-0.2, -0.15) is 0 Å². The zero-order chi connectivity index (χ0) is 19.5. The van der Waals surface area contributed by atoms with E-state index in [0.717, 1.165) is 10.6 Å². The van der Waals surface area contributed by atoms with Gasteiger partial charge < -0.3 is 19.8 Å². The van der Waals surface area contributed by atoms with Gasteiger partial charge in [-0.1, -0.05) is 37.3 Å². The summed E-state index contributed by atoms with van der Waals surface area (Å²) in [7, 11) is -2.33. The van der Waals surface area contributed by atoms with Crippen LogP contribution in [0, 0.1) is 0 Å². The molecule has 148 valence electrons. The number of hydrogen-bond donors (Lipinski definition) is 3. The SMILES string of the molecule is CCO[PH](=O)C(C)C[C@@H](O)[C@@H](O)[C@@H](O)CN(C=O)OCc1ccccc1. The van der Waals surface area contributed by atoms with Crippen LogP contribution in [0.2, 0.25) is 0 Å². The molecule has 1 amide bonds. The van der Waals surface area contributed by atoms with Crippen LogP contribution in [0.1, 0.15) is 25.8 Å². The van der Waals surface area contributed by atoms with Gasteiger partial charge in [0.25, 0.3) is 0 Å². The molecule has 0 saturated heterocycles. The molecule has 0 aliphatic carbocycles. The maximum Gasteiger partial charge on any atom is 0.233 e. The van der Waals surface area contributed by atoms with Crippen LogP contribution in [0.4, 0.5) is 0 Å². The molecule has 8 nitrogen and oxygen atoms in total. The Morgan fingerprint density at radius 1 is 1.19 bits per heavy atom. The Kier molecular flexibility index (Phi) is 10.7. The number of hydroxylamine groups is 2. The van der Waals surface area contributed by atoms with Crippen molar-refractivity contribution in [3.8, 4) is 0 Å². The highest BCUT2D eigenvalue weighted by atomic mass is 31.1. The second kappa shape index (κ2) is 12.2. The Balaban J connectivity index is 2.48. The third kappa shape index (κ3) is 7.95. The number of carbonyl (C=O) groups is 1. The van der Waals surface area contributed by atoms with Gasteiger partial charge in [0.1, 0.15) is 18.8 Å². The second-order valence-electron chi connectivity index (χ2n) is 5.98. The first-order valence-electron chi connectivity index (χ1n) is 8.48. The normalized spacial score (nSPS) is 17.1. The minimum Gasteiger partial charge on any atom is -0.390 e. The van der Waals surface area contributed by atoms with E-state index in [4.69, 9.17) is 9.36 Å². The van der Waals surface area contributed by atoms with Crippen molar-refractivity contribution in [1.82, 2.24) is 5.06 Å². The van der Waals surface area contributed by atoms with Crippen molar-refractivity contribution in [3.05, 3.63) is 35.9 Å². The summed E-state index contributed by atoms with van der Waals surface area (Å²) in [6, 6.07) is 9.14. The largest absolute Gasteiger partial charge is 0.390 e. The molecular weight excluding hydrogens is 361 g/mol. The van der Waals surface area contributed by atoms with Crippen LogP contribution in [0.25, 0.3) is 0 Å². The van der Waals surface area contributed by atoms with Crippen molar-refractivity contribution in [2.75, 3.05) is 13.2 Å². The number of aliphatic hydroxyl groups excluding tert-OH is 3. The van der Waals surface area contributed by atoms with Gasteiger partial charge in [0.15, 0.2) is 8.03 Å². The van der Waals surface area contributed by atoms with E-state index in [1.54, 1.807) is 13.8 Å². The number of amides is 1. The highest BCUT2D eigenvalue weighted by Gasteiger charge is 2.29. The van der Waals surface area contributed by atoms with Crippen molar-refractivity contribution < 1.29 is 34.0 Å². The molecule has 3 N–H and O–H groups in total. The Hall–Kier alpha value is -1.28. The highest BCUT2D eigenvalue weighted by Crippen LogP contribution is 2.32. The van der Waals surface area contributed by atoms with Crippen LogP contribution >= 0.6 is 8.03 Å². The number of rotatable bonds is 13. The molecule has 1 rings (SSSR count). The van der Waals surface area contributed by atoms with Crippen molar-refractivity contribution in [2.24, 2.45) is 0 Å². The molecule has 0 aromatic heterocycles. The molecule has 1 aromatic carbocycles. The molecule has 9 heteroatoms. The van der Waals surface area contributed by atoms with Gasteiger partial charge in [-0.05, 0) is 18.9 Å². The molecule has 0 radical (unpaired) electrons. The maximum absolute atomic E-state index is 11.7. The molecule has 2 unspecified atom stereocenters. The van der Waals surface area contributed by atoms with Crippen molar-refractivity contribution in [2.45, 2.75) is 50.8 Å². The van der Waals surface area contributed by atoms with E-state index < -0.39 is 32.0 Å². The summed E-state index contributed by atoms with van der Waals surface area (Å²) in [5.41, 5.74) is 0.387. The fraction of sp³-hybridized carbons (Fsp3) is 0.588. The summed E-state index contributed by atoms with van der Waals surface area (Å²) >= 11 is 0. The minimum absolute atomic E-state index is 0.00197. The first-order valence-corrected chi connectivity index (χ1v) is 9.88. The summed E-state index contributed by atoms with van der Waals surface area (Å²) < 4.78 is 16.8. The lowest BCUT2D eigenvalue weighted by Crippen LogP contribution is -2.45. The zero-order valence-electron chi connectivity index (χ0n) is 15.0. The van der Waals surface area contributed by atoms with Crippen molar-refractivity contribution >= 4 is 14.4 Å². The second-order valence-corrected chi connectivity index (χ2v) is 7.89. The molecule has 5 atom stereocenters. The summed E-state index contributed by atoms with van der Waals surface area (Å²) in [6.45, 7) is 3.46. The highest BCUT2D eigenvalue weighted by molar-refractivity contribution is 7.40. The standard InChI is InChI=1S/C17H28NO7P/c1-3-25-26(23)13(2)9-15(20)17(22)16(21)10-18(12-19)24-11-14-7-5-4-6-8-14/h4-8,12-13,15-17,20-22,26H,3,9-11H2,1-2H3/t13?,15-,16+,17-/m1/s1. The fourth-order valence-electron chi connectivity index (χ4n) is 2.29. The summed E-state index contributed by atoms with van der Waals surface area (Å²) in [4.78, 5) is 16.4. The van der Waals surface area contributed by atoms with E-state index in [-0.39, 0.29) is 19.6 Å².